The van der Waals surface area contributed by atoms with Crippen molar-refractivity contribution in [2.24, 2.45) is 0 Å². The van der Waals surface area contributed by atoms with Crippen LogP contribution >= 0.6 is 0 Å². The van der Waals surface area contributed by atoms with Gasteiger partial charge in [0.25, 0.3) is 0 Å². The molecule has 1 N–H and O–H groups in total. The highest BCUT2D eigenvalue weighted by molar-refractivity contribution is 5.94. The maximum atomic E-state index is 11.4. The minimum Gasteiger partial charge on any atom is -0.478 e. The molecule has 0 saturated carbocycles. The van der Waals surface area contributed by atoms with Crippen LogP contribution < -0.4 is 0 Å². The fourth-order valence-electron chi connectivity index (χ4n) is 2.27. The number of rotatable bonds is 4. The van der Waals surface area contributed by atoms with Crippen LogP contribution in [-0.4, -0.2) is 20.9 Å². The molecule has 0 aliphatic carbocycles. The summed E-state index contributed by atoms with van der Waals surface area (Å²) < 4.78 is 6.64. The fourth-order valence-corrected chi connectivity index (χ4v) is 2.27. The highest BCUT2D eigenvalue weighted by Gasteiger charge is 2.17. The van der Waals surface area contributed by atoms with Crippen LogP contribution in [0.4, 0.5) is 0 Å². The Labute approximate surface area is 121 Å². The van der Waals surface area contributed by atoms with Crippen molar-refractivity contribution in [2.75, 3.05) is 0 Å². The number of furan rings is 1. The predicted molar refractivity (Wildman–Crippen MR) is 77.2 cm³/mol. The van der Waals surface area contributed by atoms with Gasteiger partial charge in [-0.15, -0.1) is 0 Å². The molecule has 0 atom stereocenters. The Morgan fingerprint density at radius 1 is 1.38 bits per heavy atom. The van der Waals surface area contributed by atoms with Gasteiger partial charge in [0.05, 0.1) is 19.1 Å². The summed E-state index contributed by atoms with van der Waals surface area (Å²) in [7, 11) is 0. The first-order chi connectivity index (χ1) is 10.1. The van der Waals surface area contributed by atoms with E-state index in [2.05, 4.69) is 11.2 Å². The second kappa shape index (κ2) is 5.28. The van der Waals surface area contributed by atoms with Crippen molar-refractivity contribution < 1.29 is 14.3 Å². The number of aromatic nitrogens is 2. The first kappa shape index (κ1) is 13.2. The molecule has 0 aliphatic rings. The lowest BCUT2D eigenvalue weighted by atomic mass is 10.1. The minimum absolute atomic E-state index is 0.170. The summed E-state index contributed by atoms with van der Waals surface area (Å²) in [5.41, 5.74) is 3.49. The molecule has 0 spiro atoms. The van der Waals surface area contributed by atoms with E-state index in [1.165, 1.54) is 12.5 Å². The molecule has 0 saturated heterocycles. The molecule has 0 amide bonds. The lowest BCUT2D eigenvalue weighted by Crippen LogP contribution is -2.00. The maximum Gasteiger partial charge on any atom is 0.339 e. The van der Waals surface area contributed by atoms with Gasteiger partial charge in [0.1, 0.15) is 11.3 Å². The molecular weight excluding hydrogens is 268 g/mol. The van der Waals surface area contributed by atoms with Crippen molar-refractivity contribution in [3.63, 3.8) is 0 Å². The first-order valence-corrected chi connectivity index (χ1v) is 6.52. The van der Waals surface area contributed by atoms with E-state index in [1.54, 1.807) is 16.9 Å². The molecule has 5 nitrogen and oxygen atoms in total. The van der Waals surface area contributed by atoms with Crippen molar-refractivity contribution in [3.05, 3.63) is 65.7 Å². The summed E-state index contributed by atoms with van der Waals surface area (Å²) in [6.07, 6.45) is 4.54. The molecule has 0 bridgehead atoms. The molecule has 0 aliphatic heterocycles. The van der Waals surface area contributed by atoms with E-state index >= 15 is 0 Å². The normalized spacial score (nSPS) is 10.7. The molecule has 2 heterocycles. The van der Waals surface area contributed by atoms with E-state index in [1.807, 2.05) is 25.1 Å². The van der Waals surface area contributed by atoms with Crippen LogP contribution in [0, 0.1) is 6.92 Å². The monoisotopic (exact) mass is 282 g/mol. The smallest absolute Gasteiger partial charge is 0.339 e. The van der Waals surface area contributed by atoms with Crippen LogP contribution in [0.5, 0.6) is 0 Å². The molecule has 3 aromatic rings. The van der Waals surface area contributed by atoms with Gasteiger partial charge < -0.3 is 9.52 Å². The van der Waals surface area contributed by atoms with Crippen molar-refractivity contribution in [3.8, 4) is 11.3 Å². The summed E-state index contributed by atoms with van der Waals surface area (Å²) >= 11 is 0. The Kier molecular flexibility index (Phi) is 3.31. The molecule has 2 aromatic heterocycles. The van der Waals surface area contributed by atoms with E-state index in [4.69, 9.17) is 4.42 Å². The standard InChI is InChI=1S/C16H14N2O3/c1-11-3-2-4-12(7-11)8-18-9-14(16(19)20)15(17-18)13-5-6-21-10-13/h2-7,9-10H,8H2,1H3,(H,19,20). The quantitative estimate of drug-likeness (QED) is 0.798. The number of carbonyl (C=O) groups is 1. The third-order valence-electron chi connectivity index (χ3n) is 3.21. The summed E-state index contributed by atoms with van der Waals surface area (Å²) in [5.74, 6) is -0.998. The SMILES string of the molecule is Cc1cccc(Cn2cc(C(=O)O)c(-c3ccoc3)n2)c1. The number of carboxylic acid groups (broad SMARTS) is 1. The zero-order chi connectivity index (χ0) is 14.8. The number of hydrogen-bond donors (Lipinski definition) is 1. The number of benzene rings is 1. The Balaban J connectivity index is 1.97. The van der Waals surface area contributed by atoms with Gasteiger partial charge in [0.2, 0.25) is 0 Å². The molecule has 0 unspecified atom stereocenters. The van der Waals surface area contributed by atoms with E-state index < -0.39 is 5.97 Å². The fraction of sp³-hybridized carbons (Fsp3) is 0.125. The van der Waals surface area contributed by atoms with E-state index in [0.717, 1.165) is 11.1 Å². The van der Waals surface area contributed by atoms with Gasteiger partial charge in [-0.2, -0.15) is 5.10 Å². The highest BCUT2D eigenvalue weighted by Crippen LogP contribution is 2.23. The number of carboxylic acids is 1. The van der Waals surface area contributed by atoms with Gasteiger partial charge in [0.15, 0.2) is 0 Å². The van der Waals surface area contributed by atoms with Crippen molar-refractivity contribution in [2.45, 2.75) is 13.5 Å². The van der Waals surface area contributed by atoms with Gasteiger partial charge in [-0.05, 0) is 18.6 Å². The van der Waals surface area contributed by atoms with Gasteiger partial charge in [-0.1, -0.05) is 29.8 Å². The van der Waals surface area contributed by atoms with Crippen LogP contribution in [0.1, 0.15) is 21.5 Å². The number of aryl methyl sites for hydroxylation is 1. The van der Waals surface area contributed by atoms with E-state index in [-0.39, 0.29) is 5.56 Å². The molecule has 0 radical (unpaired) electrons. The van der Waals surface area contributed by atoms with Crippen LogP contribution in [0.2, 0.25) is 0 Å². The lowest BCUT2D eigenvalue weighted by Gasteiger charge is -2.02. The van der Waals surface area contributed by atoms with Gasteiger partial charge in [-0.25, -0.2) is 4.79 Å². The largest absolute Gasteiger partial charge is 0.478 e. The summed E-state index contributed by atoms with van der Waals surface area (Å²) in [4.78, 5) is 11.4. The Morgan fingerprint density at radius 3 is 2.90 bits per heavy atom. The zero-order valence-electron chi connectivity index (χ0n) is 11.5. The van der Waals surface area contributed by atoms with E-state index in [0.29, 0.717) is 17.8 Å². The van der Waals surface area contributed by atoms with E-state index in [9.17, 15) is 9.90 Å². The third kappa shape index (κ3) is 2.72. The van der Waals surface area contributed by atoms with Gasteiger partial charge in [0, 0.05) is 11.8 Å². The predicted octanol–water partition coefficient (Wildman–Crippen LogP) is 3.20. The molecule has 0 fully saturated rings. The maximum absolute atomic E-state index is 11.4. The van der Waals surface area contributed by atoms with Crippen molar-refractivity contribution >= 4 is 5.97 Å². The van der Waals surface area contributed by atoms with Gasteiger partial charge >= 0.3 is 5.97 Å². The van der Waals surface area contributed by atoms with Crippen molar-refractivity contribution in [1.82, 2.24) is 9.78 Å². The van der Waals surface area contributed by atoms with Crippen LogP contribution in [0.25, 0.3) is 11.3 Å². The first-order valence-electron chi connectivity index (χ1n) is 6.52. The molecule has 21 heavy (non-hydrogen) atoms. The number of aromatic carboxylic acids is 1. The average Bonchev–Trinajstić information content (AvgIpc) is 3.06. The average molecular weight is 282 g/mol. The van der Waals surface area contributed by atoms with Crippen LogP contribution in [0.3, 0.4) is 0 Å². The minimum atomic E-state index is -0.998. The lowest BCUT2D eigenvalue weighted by molar-refractivity contribution is 0.0697. The molecular formula is C16H14N2O3. The van der Waals surface area contributed by atoms with Crippen molar-refractivity contribution in [1.29, 1.82) is 0 Å². The Hall–Kier alpha value is -2.82. The zero-order valence-corrected chi connectivity index (χ0v) is 11.5. The Morgan fingerprint density at radius 2 is 2.24 bits per heavy atom. The second-order valence-electron chi connectivity index (χ2n) is 4.90. The molecule has 3 rings (SSSR count). The molecule has 1 aromatic carbocycles. The van der Waals surface area contributed by atoms with Crippen LogP contribution in [-0.2, 0) is 6.54 Å². The highest BCUT2D eigenvalue weighted by atomic mass is 16.4. The summed E-state index contributed by atoms with van der Waals surface area (Å²) in [6, 6.07) is 9.74. The van der Waals surface area contributed by atoms with Crippen LogP contribution in [0.15, 0.2) is 53.5 Å². The third-order valence-corrected chi connectivity index (χ3v) is 3.21. The summed E-state index contributed by atoms with van der Waals surface area (Å²) in [6.45, 7) is 2.55. The number of hydrogen-bond acceptors (Lipinski definition) is 3. The summed E-state index contributed by atoms with van der Waals surface area (Å²) in [5, 5.41) is 13.7. The molecule has 5 heteroatoms. The Bertz CT molecular complexity index is 773. The second-order valence-corrected chi connectivity index (χ2v) is 4.90. The topological polar surface area (TPSA) is 68.3 Å². The number of nitrogens with zero attached hydrogens (tertiary/aromatic N) is 2. The molecule has 106 valence electrons. The van der Waals surface area contributed by atoms with Gasteiger partial charge in [-0.3, -0.25) is 4.68 Å².